The number of fused-ring (bicyclic) bond motifs is 1. The molecule has 0 saturated heterocycles. The summed E-state index contributed by atoms with van der Waals surface area (Å²) >= 11 is 0. The monoisotopic (exact) mass is 309 g/mol. The topological polar surface area (TPSA) is 52.7 Å². The maximum absolute atomic E-state index is 12.6. The summed E-state index contributed by atoms with van der Waals surface area (Å²) in [4.78, 5) is 28.0. The smallest absolute Gasteiger partial charge is 0.326 e. The van der Waals surface area contributed by atoms with E-state index < -0.39 is 0 Å². The molecule has 1 N–H and O–H groups in total. The first-order valence-corrected chi connectivity index (χ1v) is 7.56. The lowest BCUT2D eigenvalue weighted by Gasteiger charge is -2.35. The molecule has 0 saturated carbocycles. The van der Waals surface area contributed by atoms with Gasteiger partial charge in [-0.1, -0.05) is 24.3 Å². The van der Waals surface area contributed by atoms with Gasteiger partial charge in [0.25, 0.3) is 0 Å². The summed E-state index contributed by atoms with van der Waals surface area (Å²) < 4.78 is 0. The minimum absolute atomic E-state index is 0.0222. The van der Waals surface area contributed by atoms with Crippen LogP contribution in [0, 0.1) is 0 Å². The number of hydrogen-bond acceptors (Lipinski definition) is 3. The number of anilines is 3. The van der Waals surface area contributed by atoms with E-state index in [1.165, 1.54) is 6.92 Å². The Labute approximate surface area is 135 Å². The van der Waals surface area contributed by atoms with Gasteiger partial charge < -0.3 is 10.2 Å². The number of para-hydroxylation sites is 2. The Hall–Kier alpha value is -2.82. The average molecular weight is 309 g/mol. The van der Waals surface area contributed by atoms with Gasteiger partial charge in [0.05, 0.1) is 11.4 Å². The number of nitrogens with zero attached hydrogens (tertiary/aromatic N) is 2. The first-order valence-electron chi connectivity index (χ1n) is 7.56. The minimum atomic E-state index is -0.189. The quantitative estimate of drug-likeness (QED) is 0.865. The van der Waals surface area contributed by atoms with Gasteiger partial charge in [0.15, 0.2) is 5.78 Å². The third-order valence-corrected chi connectivity index (χ3v) is 4.01. The van der Waals surface area contributed by atoms with Crippen molar-refractivity contribution < 1.29 is 9.59 Å². The van der Waals surface area contributed by atoms with E-state index in [0.29, 0.717) is 17.8 Å². The molecule has 0 atom stereocenters. The fourth-order valence-electron chi connectivity index (χ4n) is 2.72. The summed E-state index contributed by atoms with van der Waals surface area (Å²) in [6.07, 6.45) is 0. The Bertz CT molecular complexity index is 757. The summed E-state index contributed by atoms with van der Waals surface area (Å²) in [6, 6.07) is 14.6. The zero-order chi connectivity index (χ0) is 16.4. The minimum Gasteiger partial charge on any atom is -0.371 e. The molecule has 5 heteroatoms. The van der Waals surface area contributed by atoms with Crippen LogP contribution in [-0.2, 0) is 0 Å². The number of hydrogen-bond donors (Lipinski definition) is 1. The number of likely N-dealkylation sites (N-methyl/N-ethyl adjacent to an activating group) is 1. The van der Waals surface area contributed by atoms with E-state index in [2.05, 4.69) is 10.2 Å². The third-order valence-electron chi connectivity index (χ3n) is 4.01. The Morgan fingerprint density at radius 3 is 2.48 bits per heavy atom. The Morgan fingerprint density at radius 2 is 1.74 bits per heavy atom. The number of amides is 2. The van der Waals surface area contributed by atoms with Crippen molar-refractivity contribution in [3.8, 4) is 0 Å². The Balaban J connectivity index is 1.83. The van der Waals surface area contributed by atoms with Crippen molar-refractivity contribution in [1.82, 2.24) is 0 Å². The molecule has 0 bridgehead atoms. The number of benzene rings is 2. The van der Waals surface area contributed by atoms with Crippen LogP contribution < -0.4 is 15.1 Å². The van der Waals surface area contributed by atoms with Crippen molar-refractivity contribution in [2.75, 3.05) is 35.3 Å². The van der Waals surface area contributed by atoms with Crippen LogP contribution in [0.15, 0.2) is 48.5 Å². The SMILES string of the molecule is CC(=O)c1cccc(NC(=O)N2CCN(C)c3ccccc32)c1. The Kier molecular flexibility index (Phi) is 4.02. The lowest BCUT2D eigenvalue weighted by atomic mass is 10.1. The van der Waals surface area contributed by atoms with E-state index in [1.807, 2.05) is 31.3 Å². The van der Waals surface area contributed by atoms with Crippen molar-refractivity contribution in [1.29, 1.82) is 0 Å². The molecule has 1 aliphatic heterocycles. The van der Waals surface area contributed by atoms with Crippen molar-refractivity contribution in [2.45, 2.75) is 6.92 Å². The average Bonchev–Trinajstić information content (AvgIpc) is 2.55. The second-order valence-corrected chi connectivity index (χ2v) is 5.63. The molecule has 1 heterocycles. The predicted molar refractivity (Wildman–Crippen MR) is 92.5 cm³/mol. The highest BCUT2D eigenvalue weighted by Crippen LogP contribution is 2.32. The largest absolute Gasteiger partial charge is 0.371 e. The molecule has 118 valence electrons. The molecule has 0 spiro atoms. The fourth-order valence-corrected chi connectivity index (χ4v) is 2.72. The summed E-state index contributed by atoms with van der Waals surface area (Å²) in [7, 11) is 2.02. The molecule has 0 radical (unpaired) electrons. The van der Waals surface area contributed by atoms with Crippen LogP contribution in [0.3, 0.4) is 0 Å². The summed E-state index contributed by atoms with van der Waals surface area (Å²) in [6.45, 7) is 2.90. The van der Waals surface area contributed by atoms with E-state index in [1.54, 1.807) is 29.2 Å². The van der Waals surface area contributed by atoms with Crippen LogP contribution >= 0.6 is 0 Å². The lowest BCUT2D eigenvalue weighted by molar-refractivity contribution is 0.101. The molecule has 0 unspecified atom stereocenters. The molecule has 1 aliphatic rings. The van der Waals surface area contributed by atoms with Crippen molar-refractivity contribution >= 4 is 28.9 Å². The van der Waals surface area contributed by atoms with Gasteiger partial charge in [-0.2, -0.15) is 0 Å². The number of urea groups is 1. The zero-order valence-corrected chi connectivity index (χ0v) is 13.2. The fraction of sp³-hybridized carbons (Fsp3) is 0.222. The van der Waals surface area contributed by atoms with E-state index in [4.69, 9.17) is 0 Å². The summed E-state index contributed by atoms with van der Waals surface area (Å²) in [5.74, 6) is -0.0222. The molecular formula is C18H19N3O2. The van der Waals surface area contributed by atoms with Gasteiger partial charge >= 0.3 is 6.03 Å². The number of Topliss-reactive ketones (excluding diaryl/α,β-unsaturated/α-hetero) is 1. The number of nitrogens with one attached hydrogen (secondary N) is 1. The highest BCUT2D eigenvalue weighted by molar-refractivity contribution is 6.05. The first kappa shape index (κ1) is 15.1. The maximum atomic E-state index is 12.6. The molecule has 0 fully saturated rings. The highest BCUT2D eigenvalue weighted by atomic mass is 16.2. The molecule has 3 rings (SSSR count). The van der Waals surface area contributed by atoms with Gasteiger partial charge in [0.1, 0.15) is 0 Å². The van der Waals surface area contributed by atoms with E-state index in [-0.39, 0.29) is 11.8 Å². The normalized spacial score (nSPS) is 13.5. The lowest BCUT2D eigenvalue weighted by Crippen LogP contribution is -2.44. The number of carbonyl (C=O) groups is 2. The predicted octanol–water partition coefficient (Wildman–Crippen LogP) is 3.38. The molecule has 0 aliphatic carbocycles. The van der Waals surface area contributed by atoms with Crippen LogP contribution in [-0.4, -0.2) is 32.0 Å². The molecular weight excluding hydrogens is 290 g/mol. The van der Waals surface area contributed by atoms with Crippen molar-refractivity contribution in [3.63, 3.8) is 0 Å². The molecule has 2 aromatic rings. The van der Waals surface area contributed by atoms with E-state index in [0.717, 1.165) is 17.9 Å². The molecule has 2 aromatic carbocycles. The third kappa shape index (κ3) is 3.04. The van der Waals surface area contributed by atoms with Crippen molar-refractivity contribution in [2.24, 2.45) is 0 Å². The molecule has 23 heavy (non-hydrogen) atoms. The number of rotatable bonds is 2. The molecule has 2 amide bonds. The Morgan fingerprint density at radius 1 is 1.00 bits per heavy atom. The van der Waals surface area contributed by atoms with Crippen LogP contribution in [0.25, 0.3) is 0 Å². The van der Waals surface area contributed by atoms with Crippen LogP contribution in [0.5, 0.6) is 0 Å². The van der Waals surface area contributed by atoms with E-state index >= 15 is 0 Å². The standard InChI is InChI=1S/C18H19N3O2/c1-13(22)14-6-5-7-15(12-14)19-18(23)21-11-10-20(2)16-8-3-4-9-17(16)21/h3-9,12H,10-11H2,1-2H3,(H,19,23). The van der Waals surface area contributed by atoms with Gasteiger partial charge in [-0.15, -0.1) is 0 Å². The molecule has 5 nitrogen and oxygen atoms in total. The van der Waals surface area contributed by atoms with Gasteiger partial charge in [-0.05, 0) is 31.2 Å². The zero-order valence-electron chi connectivity index (χ0n) is 13.2. The summed E-state index contributed by atoms with van der Waals surface area (Å²) in [5, 5.41) is 2.88. The maximum Gasteiger partial charge on any atom is 0.326 e. The van der Waals surface area contributed by atoms with Gasteiger partial charge in [-0.3, -0.25) is 9.69 Å². The number of carbonyl (C=O) groups excluding carboxylic acids is 2. The van der Waals surface area contributed by atoms with Crippen LogP contribution in [0.1, 0.15) is 17.3 Å². The van der Waals surface area contributed by atoms with Crippen molar-refractivity contribution in [3.05, 3.63) is 54.1 Å². The van der Waals surface area contributed by atoms with Crippen LogP contribution in [0.4, 0.5) is 21.9 Å². The highest BCUT2D eigenvalue weighted by Gasteiger charge is 2.24. The van der Waals surface area contributed by atoms with Gasteiger partial charge in [0.2, 0.25) is 0 Å². The second kappa shape index (κ2) is 6.12. The van der Waals surface area contributed by atoms with Gasteiger partial charge in [-0.25, -0.2) is 4.79 Å². The molecule has 0 aromatic heterocycles. The van der Waals surface area contributed by atoms with Crippen LogP contribution in [0.2, 0.25) is 0 Å². The first-order chi connectivity index (χ1) is 11.1. The number of ketones is 1. The summed E-state index contributed by atoms with van der Waals surface area (Å²) in [5.41, 5.74) is 3.13. The second-order valence-electron chi connectivity index (χ2n) is 5.63. The van der Waals surface area contributed by atoms with Gasteiger partial charge in [0, 0.05) is 31.4 Å². The van der Waals surface area contributed by atoms with E-state index in [9.17, 15) is 9.59 Å².